The van der Waals surface area contributed by atoms with Crippen molar-refractivity contribution in [2.45, 2.75) is 6.92 Å². The van der Waals surface area contributed by atoms with E-state index in [0.29, 0.717) is 11.4 Å². The largest absolute Gasteiger partial charge is 0.476 e. The van der Waals surface area contributed by atoms with E-state index in [1.165, 1.54) is 29.1 Å². The maximum absolute atomic E-state index is 12.7. The number of aromatic carboxylic acids is 1. The number of nitrogens with zero attached hydrogens (tertiary/aromatic N) is 3. The Morgan fingerprint density at radius 2 is 2.06 bits per heavy atom. The summed E-state index contributed by atoms with van der Waals surface area (Å²) in [6.45, 7) is 1.57. The van der Waals surface area contributed by atoms with E-state index in [4.69, 9.17) is 5.11 Å². The first kappa shape index (κ1) is 11.1. The van der Waals surface area contributed by atoms with Gasteiger partial charge in [-0.2, -0.15) is 4.79 Å². The molecule has 88 valence electrons. The molecule has 0 bridgehead atoms. The van der Waals surface area contributed by atoms with Gasteiger partial charge in [0.25, 0.3) is 0 Å². The maximum atomic E-state index is 12.7. The van der Waals surface area contributed by atoms with Crippen LogP contribution >= 0.6 is 0 Å². The number of halogens is 1. The third kappa shape index (κ3) is 2.22. The smallest absolute Gasteiger partial charge is 0.358 e. The Morgan fingerprint density at radius 1 is 1.41 bits per heavy atom. The average molecular weight is 236 g/mol. The molecular weight excluding hydrogens is 227 g/mol. The third-order valence-electron chi connectivity index (χ3n) is 2.18. The molecule has 0 aliphatic carbocycles. The lowest BCUT2D eigenvalue weighted by atomic mass is 10.3. The number of hydrogen-bond acceptors (Lipinski definition) is 4. The molecule has 0 aliphatic heterocycles. The van der Waals surface area contributed by atoms with Gasteiger partial charge in [-0.1, -0.05) is 0 Å². The van der Waals surface area contributed by atoms with Crippen LogP contribution in [0.5, 0.6) is 0 Å². The maximum Gasteiger partial charge on any atom is 0.358 e. The van der Waals surface area contributed by atoms with Crippen LogP contribution in [0.1, 0.15) is 16.2 Å². The summed E-state index contributed by atoms with van der Waals surface area (Å²) in [6, 6.07) is 5.59. The number of nitrogens with one attached hydrogen (secondary N) is 1. The average Bonchev–Trinajstić information content (AvgIpc) is 2.64. The summed E-state index contributed by atoms with van der Waals surface area (Å²) in [4.78, 5) is 12.0. The van der Waals surface area contributed by atoms with E-state index in [9.17, 15) is 9.18 Å². The van der Waals surface area contributed by atoms with Crippen LogP contribution in [0, 0.1) is 12.7 Å². The topological polar surface area (TPSA) is 80.0 Å². The first-order valence-corrected chi connectivity index (χ1v) is 4.76. The second-order valence-corrected chi connectivity index (χ2v) is 3.36. The zero-order valence-corrected chi connectivity index (χ0v) is 8.88. The van der Waals surface area contributed by atoms with Gasteiger partial charge in [-0.3, -0.25) is 5.43 Å². The van der Waals surface area contributed by atoms with Gasteiger partial charge in [0.1, 0.15) is 5.82 Å². The standard InChI is InChI=1S/C10H9FN4O2/c1-6-9(10(16)17)12-14-15(6)13-8-4-2-7(11)3-5-8/h2-5,13H,1H3,(H,16,17). The number of hydrogen-bond donors (Lipinski definition) is 2. The van der Waals surface area contributed by atoms with Crippen LogP contribution in [0.25, 0.3) is 0 Å². The van der Waals surface area contributed by atoms with Gasteiger partial charge < -0.3 is 5.11 Å². The summed E-state index contributed by atoms with van der Waals surface area (Å²) in [7, 11) is 0. The second kappa shape index (κ2) is 4.20. The SMILES string of the molecule is Cc1c(C(=O)O)nnn1Nc1ccc(F)cc1. The summed E-state index contributed by atoms with van der Waals surface area (Å²) in [5.41, 5.74) is 3.61. The van der Waals surface area contributed by atoms with E-state index in [1.807, 2.05) is 0 Å². The van der Waals surface area contributed by atoms with Gasteiger partial charge in [-0.05, 0) is 36.4 Å². The summed E-state index contributed by atoms with van der Waals surface area (Å²) < 4.78 is 12.7. The zero-order chi connectivity index (χ0) is 12.4. The molecule has 0 radical (unpaired) electrons. The van der Waals surface area contributed by atoms with Crippen molar-refractivity contribution in [3.8, 4) is 0 Å². The van der Waals surface area contributed by atoms with Crippen molar-refractivity contribution in [2.24, 2.45) is 0 Å². The number of carbonyl (C=O) groups is 1. The van der Waals surface area contributed by atoms with Crippen molar-refractivity contribution in [3.05, 3.63) is 41.5 Å². The van der Waals surface area contributed by atoms with Crippen LogP contribution in [0.15, 0.2) is 24.3 Å². The molecule has 2 N–H and O–H groups in total. The fourth-order valence-electron chi connectivity index (χ4n) is 1.28. The van der Waals surface area contributed by atoms with Gasteiger partial charge >= 0.3 is 5.97 Å². The number of aromatic nitrogens is 3. The van der Waals surface area contributed by atoms with Crippen LogP contribution in [-0.4, -0.2) is 26.2 Å². The van der Waals surface area contributed by atoms with Gasteiger partial charge in [-0.15, -0.1) is 5.10 Å². The first-order valence-electron chi connectivity index (χ1n) is 4.76. The molecule has 0 unspecified atom stereocenters. The van der Waals surface area contributed by atoms with Crippen LogP contribution in [-0.2, 0) is 0 Å². The van der Waals surface area contributed by atoms with E-state index >= 15 is 0 Å². The number of anilines is 1. The molecule has 1 aromatic heterocycles. The second-order valence-electron chi connectivity index (χ2n) is 3.36. The molecule has 6 nitrogen and oxygen atoms in total. The Hall–Kier alpha value is -2.44. The highest BCUT2D eigenvalue weighted by Gasteiger charge is 2.14. The minimum Gasteiger partial charge on any atom is -0.476 e. The third-order valence-corrected chi connectivity index (χ3v) is 2.18. The van der Waals surface area contributed by atoms with Crippen LogP contribution < -0.4 is 5.43 Å². The van der Waals surface area contributed by atoms with Crippen molar-refractivity contribution in [2.75, 3.05) is 5.43 Å². The van der Waals surface area contributed by atoms with Crippen molar-refractivity contribution in [1.29, 1.82) is 0 Å². The van der Waals surface area contributed by atoms with Gasteiger partial charge in [0.15, 0.2) is 5.69 Å². The minimum atomic E-state index is -1.14. The molecule has 1 aromatic carbocycles. The Kier molecular flexibility index (Phi) is 2.73. The van der Waals surface area contributed by atoms with Gasteiger partial charge in [0.2, 0.25) is 0 Å². The molecule has 17 heavy (non-hydrogen) atoms. The Bertz CT molecular complexity index is 550. The predicted octanol–water partition coefficient (Wildman–Crippen LogP) is 1.30. The molecule has 0 saturated carbocycles. The van der Waals surface area contributed by atoms with E-state index in [1.54, 1.807) is 6.92 Å². The Labute approximate surface area is 95.7 Å². The molecule has 2 rings (SSSR count). The molecule has 0 aliphatic rings. The van der Waals surface area contributed by atoms with Gasteiger partial charge in [0, 0.05) is 0 Å². The molecule has 7 heteroatoms. The van der Waals surface area contributed by atoms with Crippen LogP contribution in [0.4, 0.5) is 10.1 Å². The summed E-state index contributed by atoms with van der Waals surface area (Å²) in [5.74, 6) is -1.49. The lowest BCUT2D eigenvalue weighted by molar-refractivity contribution is 0.0689. The van der Waals surface area contributed by atoms with Gasteiger partial charge in [0.05, 0.1) is 11.4 Å². The number of rotatable bonds is 3. The van der Waals surface area contributed by atoms with Crippen molar-refractivity contribution in [3.63, 3.8) is 0 Å². The van der Waals surface area contributed by atoms with E-state index < -0.39 is 5.97 Å². The fourth-order valence-corrected chi connectivity index (χ4v) is 1.28. The summed E-state index contributed by atoms with van der Waals surface area (Å²) in [5, 5.41) is 15.9. The minimum absolute atomic E-state index is 0.125. The molecule has 1 heterocycles. The normalized spacial score (nSPS) is 10.2. The Morgan fingerprint density at radius 3 is 2.59 bits per heavy atom. The molecule has 0 amide bonds. The van der Waals surface area contributed by atoms with Crippen LogP contribution in [0.3, 0.4) is 0 Å². The molecule has 2 aromatic rings. The van der Waals surface area contributed by atoms with Crippen molar-refractivity contribution in [1.82, 2.24) is 15.1 Å². The van der Waals surface area contributed by atoms with E-state index in [2.05, 4.69) is 15.7 Å². The molecule has 0 fully saturated rings. The quantitative estimate of drug-likeness (QED) is 0.839. The van der Waals surface area contributed by atoms with E-state index in [0.717, 1.165) is 0 Å². The number of carboxylic acid groups (broad SMARTS) is 1. The number of carboxylic acids is 1. The molecule has 0 spiro atoms. The Balaban J connectivity index is 2.24. The lowest BCUT2D eigenvalue weighted by Gasteiger charge is -2.06. The van der Waals surface area contributed by atoms with E-state index in [-0.39, 0.29) is 11.5 Å². The summed E-state index contributed by atoms with van der Waals surface area (Å²) >= 11 is 0. The lowest BCUT2D eigenvalue weighted by Crippen LogP contribution is -2.13. The van der Waals surface area contributed by atoms with Crippen molar-refractivity contribution >= 4 is 11.7 Å². The molecular formula is C10H9FN4O2. The monoisotopic (exact) mass is 236 g/mol. The zero-order valence-electron chi connectivity index (χ0n) is 8.88. The van der Waals surface area contributed by atoms with Crippen molar-refractivity contribution < 1.29 is 14.3 Å². The fraction of sp³-hybridized carbons (Fsp3) is 0.100. The summed E-state index contributed by atoms with van der Waals surface area (Å²) in [6.07, 6.45) is 0. The van der Waals surface area contributed by atoms with Crippen LogP contribution in [0.2, 0.25) is 0 Å². The number of benzene rings is 1. The molecule has 0 saturated heterocycles. The van der Waals surface area contributed by atoms with Gasteiger partial charge in [-0.25, -0.2) is 9.18 Å². The highest BCUT2D eigenvalue weighted by atomic mass is 19.1. The molecule has 0 atom stereocenters. The first-order chi connectivity index (χ1) is 8.08. The highest BCUT2D eigenvalue weighted by Crippen LogP contribution is 2.10. The predicted molar refractivity (Wildman–Crippen MR) is 57.1 cm³/mol. The highest BCUT2D eigenvalue weighted by molar-refractivity contribution is 5.86.